The van der Waals surface area contributed by atoms with Crippen LogP contribution < -0.4 is 174 Å². The van der Waals surface area contributed by atoms with E-state index in [4.69, 9.17) is 84.5 Å². The molecule has 95 heavy (non-hydrogen) atoms. The summed E-state index contributed by atoms with van der Waals surface area (Å²) in [5.41, 5.74) is -2.59. The Bertz CT molecular complexity index is 2980. The molecule has 0 aromatic heterocycles. The first-order valence-corrected chi connectivity index (χ1v) is 30.7. The van der Waals surface area contributed by atoms with Crippen molar-refractivity contribution in [3.63, 3.8) is 0 Å². The number of alkyl carbamates (subject to hydrolysis) is 2. The second kappa shape index (κ2) is 48.8. The number of benzene rings is 4. The molecule has 0 unspecified atom stereocenters. The van der Waals surface area contributed by atoms with E-state index >= 15 is 0 Å². The Morgan fingerprint density at radius 1 is 0.547 bits per heavy atom. The second-order valence-electron chi connectivity index (χ2n) is 23.2. The van der Waals surface area contributed by atoms with E-state index in [1.165, 1.54) is 13.8 Å². The summed E-state index contributed by atoms with van der Waals surface area (Å²) >= 11 is 17.1. The predicted molar refractivity (Wildman–Crippen MR) is 349 cm³/mol. The molecule has 0 radical (unpaired) electrons. The third kappa shape index (κ3) is 38.9. The molecule has 0 saturated carbocycles. The molecule has 0 spiro atoms. The average molecular weight is 1640 g/mol. The van der Waals surface area contributed by atoms with Crippen molar-refractivity contribution in [3.05, 3.63) is 129 Å². The van der Waals surface area contributed by atoms with Crippen LogP contribution in [0, 0.1) is 10.8 Å². The van der Waals surface area contributed by atoms with E-state index in [-0.39, 0.29) is 177 Å². The molecule has 520 valence electrons. The monoisotopic (exact) mass is 1640 g/mol. The number of aliphatic carboxylic acids is 1. The van der Waals surface area contributed by atoms with Crippen LogP contribution in [0.5, 0.6) is 11.5 Å². The maximum Gasteiger partial charge on any atom is 1.00 e. The van der Waals surface area contributed by atoms with Crippen molar-refractivity contribution >= 4 is 89.2 Å². The van der Waals surface area contributed by atoms with Crippen molar-refractivity contribution in [1.82, 2.24) is 21.3 Å². The third-order valence-electron chi connectivity index (χ3n) is 13.3. The predicted octanol–water partition coefficient (Wildman–Crippen LogP) is 5.60. The van der Waals surface area contributed by atoms with Gasteiger partial charge in [0.2, 0.25) is 6.79 Å². The molecular weight excluding hydrogens is 1540 g/mol. The van der Waals surface area contributed by atoms with Gasteiger partial charge in [-0.2, -0.15) is 0 Å². The number of alkyl halides is 2. The van der Waals surface area contributed by atoms with Gasteiger partial charge >= 0.3 is 174 Å². The molecule has 0 fully saturated rings. The Hall–Kier alpha value is -3.83. The molecule has 5 N–H and O–H groups in total. The number of carboxylic acids is 1. The van der Waals surface area contributed by atoms with Crippen LogP contribution in [0.4, 0.5) is 14.0 Å². The number of amides is 4. The average Bonchev–Trinajstić information content (AvgIpc) is 0.868. The van der Waals surface area contributed by atoms with Gasteiger partial charge in [-0.15, -0.1) is 0 Å². The van der Waals surface area contributed by atoms with Crippen molar-refractivity contribution in [2.45, 2.75) is 158 Å². The normalized spacial score (nSPS) is 11.0. The molecule has 4 rings (SSSR count). The van der Waals surface area contributed by atoms with Crippen LogP contribution in [0.1, 0.15) is 157 Å². The van der Waals surface area contributed by atoms with Crippen LogP contribution in [0.15, 0.2) is 97.1 Å². The molecule has 23 nitrogen and oxygen atoms in total. The first-order valence-electron chi connectivity index (χ1n) is 30.1. The number of esters is 3. The molecule has 4 amide bonds. The zero-order valence-corrected chi connectivity index (χ0v) is 72.1. The summed E-state index contributed by atoms with van der Waals surface area (Å²) in [5.74, 6) is -2.15. The number of carbonyl (C=O) groups is 9. The van der Waals surface area contributed by atoms with E-state index in [0.29, 0.717) is 84.3 Å². The number of carbonyl (C=O) groups excluding carboxylic acids is 8. The van der Waals surface area contributed by atoms with Gasteiger partial charge in [0.05, 0.1) is 19.4 Å². The minimum absolute atomic E-state index is 0. The van der Waals surface area contributed by atoms with Crippen LogP contribution in [0.25, 0.3) is 0 Å². The summed E-state index contributed by atoms with van der Waals surface area (Å²) in [6, 6.07) is 27.4. The Morgan fingerprint density at radius 2 is 0.863 bits per heavy atom. The molecular formula is C66H92Cl3Cs2FN4O19. The fourth-order valence-electron chi connectivity index (χ4n) is 7.67. The summed E-state index contributed by atoms with van der Waals surface area (Å²) in [7, 11) is -1.00. The Morgan fingerprint density at radius 3 is 1.16 bits per heavy atom. The van der Waals surface area contributed by atoms with Crippen LogP contribution in [-0.4, -0.2) is 128 Å². The maximum absolute atomic E-state index is 12.9. The van der Waals surface area contributed by atoms with E-state index in [1.807, 2.05) is 52.0 Å². The van der Waals surface area contributed by atoms with Gasteiger partial charge in [0, 0.05) is 47.4 Å². The molecule has 0 saturated heterocycles. The van der Waals surface area contributed by atoms with Gasteiger partial charge in [-0.3, -0.25) is 28.4 Å². The molecule has 29 heteroatoms. The van der Waals surface area contributed by atoms with Gasteiger partial charge < -0.3 is 71.1 Å². The molecule has 0 aliphatic heterocycles. The summed E-state index contributed by atoms with van der Waals surface area (Å²) in [6.07, 6.45) is 1.96. The first-order chi connectivity index (χ1) is 43.9. The number of ether oxygens (including phenoxy) is 7. The van der Waals surface area contributed by atoms with Gasteiger partial charge in [0.25, 0.3) is 18.3 Å². The number of carboxylic acid groups (broad SMARTS) is 1. The van der Waals surface area contributed by atoms with Gasteiger partial charge in [0.15, 0.2) is 17.3 Å². The fraction of sp³-hybridized carbons (Fsp3) is 0.500. The Kier molecular flexibility index (Phi) is 47.9. The van der Waals surface area contributed by atoms with Crippen LogP contribution in [-0.2, 0) is 65.4 Å². The van der Waals surface area contributed by atoms with E-state index in [9.17, 15) is 42.7 Å². The molecule has 4 aromatic rings. The van der Waals surface area contributed by atoms with E-state index in [1.54, 1.807) is 128 Å². The first kappa shape index (κ1) is 93.2. The fourth-order valence-corrected chi connectivity index (χ4v) is 8.02. The summed E-state index contributed by atoms with van der Waals surface area (Å²) < 4.78 is 52.5. The number of nitrogens with one attached hydrogen (secondary N) is 4. The van der Waals surface area contributed by atoms with Gasteiger partial charge in [-0.25, -0.2) is 19.2 Å². The standard InChI is InChI=1S/C32H43ClN2O8.C19H20ClNO4.C13H24ClNO4.CH3F.CH2O3.2Cs.H/c1-8-32(9-2,20-35-29(39)43-30(3,4)5)28(38)41-21-40-27(37)31(6,7)42-25-16-10-22(11-17-25)18-19-34-26(36)23-12-14-24(33)15-13-23;1-19(2,18(23)24)25-16-9-3-13(4-10-16)11-12-21-17(22)14-5-7-15(20)8-6-14;1-6-13(7-2,10(16)18-9-14)8-15-11(17)19-12(3,4)5;1-2;2-1-4-3;;;/h10-17H,8-9,18-21H2,1-7H3,(H,34,36)(H,35,39);3-10H,11-12H2,1-2H3,(H,21,22)(H,23,24);6-9H2,1-5H3,(H,15,17);1H3;1,3H;;;/q;;;;;2*+1;-1/p-1/i;;;1D;;;;. The summed E-state index contributed by atoms with van der Waals surface area (Å²) in [4.78, 5) is 108. The van der Waals surface area contributed by atoms with Crippen molar-refractivity contribution in [2.24, 2.45) is 10.8 Å². The van der Waals surface area contributed by atoms with Gasteiger partial charge in [-0.1, -0.05) is 86.8 Å². The number of hydrogen-bond donors (Lipinski definition) is 5. The van der Waals surface area contributed by atoms with Crippen molar-refractivity contribution in [3.8, 4) is 11.5 Å². The topological polar surface area (TPSA) is 319 Å². The van der Waals surface area contributed by atoms with Crippen molar-refractivity contribution in [1.29, 1.82) is 0 Å². The van der Waals surface area contributed by atoms with Gasteiger partial charge in [-0.05, 0) is 192 Å². The molecule has 4 aromatic carbocycles. The van der Waals surface area contributed by atoms with Crippen LogP contribution >= 0.6 is 34.8 Å². The SMILES string of the molecule is CC(C)(Oc1ccc(CCNC(=O)c2ccc(Cl)cc2)cc1)C(=O)O.CCC(CC)(CNC(=O)OC(C)(C)C)C(=O)OCCl.CCC(CC)(CNC(=O)OC(C)(C)C)C(=O)OCOC(=O)C(C)(C)Oc1ccc(CCNC(=O)c2ccc(Cl)cc2)cc1.O=CO[O-].[2H]CF.[Cs+].[Cs+].[H-]. The number of hydrogen-bond acceptors (Lipinski definition) is 18. The third-order valence-corrected chi connectivity index (χ3v) is 13.9. The Labute approximate surface area is 693 Å². The zero-order valence-electron chi connectivity index (χ0n) is 59.3. The molecule has 0 atom stereocenters. The minimum Gasteiger partial charge on any atom is -1.00 e. The largest absolute Gasteiger partial charge is 1.00 e. The van der Waals surface area contributed by atoms with Gasteiger partial charge in [0.1, 0.15) is 22.7 Å². The number of rotatable bonds is 28. The smallest absolute Gasteiger partial charge is 1.00 e. The van der Waals surface area contributed by atoms with Crippen molar-refractivity contribution < 1.29 is 237 Å². The van der Waals surface area contributed by atoms with Crippen molar-refractivity contribution in [2.75, 3.05) is 46.2 Å². The van der Waals surface area contributed by atoms with E-state index in [0.717, 1.165) is 11.1 Å². The summed E-state index contributed by atoms with van der Waals surface area (Å²) in [6.45, 7) is 24.4. The zero-order chi connectivity index (χ0) is 71.9. The maximum atomic E-state index is 12.9. The summed E-state index contributed by atoms with van der Waals surface area (Å²) in [5, 5.41) is 29.6. The van der Waals surface area contributed by atoms with E-state index in [2.05, 4.69) is 26.2 Å². The van der Waals surface area contributed by atoms with Crippen LogP contribution in [0.2, 0.25) is 10.0 Å². The molecule has 0 bridgehead atoms. The number of halogens is 4. The molecule has 0 aliphatic carbocycles. The second-order valence-corrected chi connectivity index (χ2v) is 24.3. The Balaban J connectivity index is -0.000000679. The molecule has 0 aliphatic rings. The minimum atomic E-state index is -1.37. The quantitative estimate of drug-likeness (QED) is 0.00879. The van der Waals surface area contributed by atoms with Crippen LogP contribution in [0.3, 0.4) is 0 Å². The molecule has 0 heterocycles. The van der Waals surface area contributed by atoms with E-state index < -0.39 is 83.2 Å².